The molecule has 0 aromatic heterocycles. The molecule has 0 saturated carbocycles. The first-order valence-electron chi connectivity index (χ1n) is 3.63. The van der Waals surface area contributed by atoms with E-state index in [0.717, 1.165) is 14.0 Å². The minimum atomic E-state index is 0.760. The lowest BCUT2D eigenvalue weighted by Crippen LogP contribution is -2.44. The largest absolute Gasteiger partial charge is 0.291 e. The second kappa shape index (κ2) is 3.89. The predicted octanol–water partition coefficient (Wildman–Crippen LogP) is 2.67. The fourth-order valence-electron chi connectivity index (χ4n) is 1.25. The average molecular weight is 365 g/mol. The molecule has 1 rings (SSSR count). The first-order valence-corrected chi connectivity index (χ1v) is 6.12. The van der Waals surface area contributed by atoms with E-state index in [1.807, 2.05) is 0 Å². The van der Waals surface area contributed by atoms with Gasteiger partial charge in [0.25, 0.3) is 0 Å². The molecule has 0 bridgehead atoms. The first-order chi connectivity index (χ1) is 4.63. The Hall–Kier alpha value is 1.42. The summed E-state index contributed by atoms with van der Waals surface area (Å²) in [6, 6.07) is 0.760. The van der Waals surface area contributed by atoms with Crippen molar-refractivity contribution in [1.29, 1.82) is 0 Å². The summed E-state index contributed by atoms with van der Waals surface area (Å²) in [5.74, 6) is 0. The number of nitrogens with zero attached hydrogens (tertiary/aromatic N) is 1. The van der Waals surface area contributed by atoms with E-state index in [4.69, 9.17) is 0 Å². The molecule has 0 aromatic carbocycles. The number of hydrogen-bond acceptors (Lipinski definition) is 1. The molecule has 0 spiro atoms. The van der Waals surface area contributed by atoms with Gasteiger partial charge >= 0.3 is 0 Å². The van der Waals surface area contributed by atoms with Crippen LogP contribution in [0.1, 0.15) is 19.8 Å². The molecule has 3 heteroatoms. The summed E-state index contributed by atoms with van der Waals surface area (Å²) < 4.78 is 1.62. The number of halogens is 2. The minimum Gasteiger partial charge on any atom is -0.291 e. The second-order valence-electron chi connectivity index (χ2n) is 2.93. The molecule has 1 heterocycles. The fraction of sp³-hybridized carbons (Fsp3) is 1.00. The third-order valence-electron chi connectivity index (χ3n) is 2.29. The lowest BCUT2D eigenvalue weighted by molar-refractivity contribution is 0.201. The molecule has 1 nitrogen and oxygen atoms in total. The molecule has 0 aromatic rings. The molecule has 0 N–H and O–H groups in total. The van der Waals surface area contributed by atoms with Crippen LogP contribution in [0.4, 0.5) is 0 Å². The van der Waals surface area contributed by atoms with Gasteiger partial charge in [0.2, 0.25) is 0 Å². The topological polar surface area (TPSA) is 3.24 Å². The molecule has 0 radical (unpaired) electrons. The first kappa shape index (κ1) is 9.51. The van der Waals surface area contributed by atoms with Gasteiger partial charge in [-0.15, -0.1) is 0 Å². The zero-order valence-electron chi connectivity index (χ0n) is 6.35. The summed E-state index contributed by atoms with van der Waals surface area (Å²) in [5, 5.41) is 0. The summed E-state index contributed by atoms with van der Waals surface area (Å²) in [6.45, 7) is 2.32. The summed E-state index contributed by atoms with van der Waals surface area (Å²) in [4.78, 5) is 2.47. The molecule has 1 fully saturated rings. The van der Waals surface area contributed by atoms with Crippen LogP contribution in [-0.2, 0) is 0 Å². The van der Waals surface area contributed by atoms with Crippen LogP contribution in [-0.4, -0.2) is 26.0 Å². The molecule has 60 valence electrons. The van der Waals surface area contributed by atoms with Crippen LogP contribution < -0.4 is 0 Å². The molecule has 3 atom stereocenters. The molecule has 0 amide bonds. The average Bonchev–Trinajstić information content (AvgIpc) is 1.93. The van der Waals surface area contributed by atoms with Crippen molar-refractivity contribution in [3.05, 3.63) is 0 Å². The molecule has 3 unspecified atom stereocenters. The standard InChI is InChI=1S/C7H13I2N/c1-5-6(8)3-4-7(9)10(5)2/h5-7H,3-4H2,1-2H3. The number of hydrogen-bond donors (Lipinski definition) is 0. The van der Waals surface area contributed by atoms with Gasteiger partial charge in [0.15, 0.2) is 0 Å². The van der Waals surface area contributed by atoms with E-state index in [-0.39, 0.29) is 0 Å². The number of piperidine rings is 1. The lowest BCUT2D eigenvalue weighted by atomic mass is 10.1. The zero-order valence-corrected chi connectivity index (χ0v) is 10.7. The van der Waals surface area contributed by atoms with Gasteiger partial charge in [-0.25, -0.2) is 0 Å². The second-order valence-corrected chi connectivity index (χ2v) is 5.97. The lowest BCUT2D eigenvalue weighted by Gasteiger charge is -2.38. The molecule has 0 aliphatic carbocycles. The minimum absolute atomic E-state index is 0.760. The third-order valence-corrected chi connectivity index (χ3v) is 5.45. The monoisotopic (exact) mass is 365 g/mol. The van der Waals surface area contributed by atoms with Crippen LogP contribution in [0.5, 0.6) is 0 Å². The Morgan fingerprint density at radius 2 is 1.90 bits per heavy atom. The van der Waals surface area contributed by atoms with Crippen LogP contribution in [0, 0.1) is 0 Å². The highest BCUT2D eigenvalue weighted by atomic mass is 127. The van der Waals surface area contributed by atoms with Crippen LogP contribution >= 0.6 is 45.2 Å². The molecule has 10 heavy (non-hydrogen) atoms. The maximum Gasteiger partial charge on any atom is 0.0619 e. The Morgan fingerprint density at radius 1 is 1.30 bits per heavy atom. The van der Waals surface area contributed by atoms with E-state index in [0.29, 0.717) is 0 Å². The Morgan fingerprint density at radius 3 is 2.40 bits per heavy atom. The van der Waals surface area contributed by atoms with Crippen molar-refractivity contribution in [2.75, 3.05) is 7.05 Å². The van der Waals surface area contributed by atoms with Crippen LogP contribution in [0.3, 0.4) is 0 Å². The molecule has 1 aliphatic heterocycles. The maximum atomic E-state index is 2.56. The van der Waals surface area contributed by atoms with Gasteiger partial charge in [0.05, 0.1) is 4.05 Å². The SMILES string of the molecule is CC1C(I)CCC(I)N1C. The van der Waals surface area contributed by atoms with E-state index in [1.165, 1.54) is 12.8 Å². The summed E-state index contributed by atoms with van der Waals surface area (Å²) in [6.07, 6.45) is 2.74. The van der Waals surface area contributed by atoms with Gasteiger partial charge in [-0.05, 0) is 26.8 Å². The van der Waals surface area contributed by atoms with Gasteiger partial charge in [0.1, 0.15) is 0 Å². The van der Waals surface area contributed by atoms with Crippen molar-refractivity contribution >= 4 is 45.2 Å². The van der Waals surface area contributed by atoms with Crippen LogP contribution in [0.2, 0.25) is 0 Å². The number of alkyl halides is 2. The van der Waals surface area contributed by atoms with E-state index in [2.05, 4.69) is 64.1 Å². The van der Waals surface area contributed by atoms with Gasteiger partial charge in [0, 0.05) is 9.97 Å². The molecular weight excluding hydrogens is 352 g/mol. The van der Waals surface area contributed by atoms with E-state index in [9.17, 15) is 0 Å². The normalized spacial score (nSPS) is 43.8. The Balaban J connectivity index is 2.52. The van der Waals surface area contributed by atoms with E-state index in [1.54, 1.807) is 0 Å². The highest BCUT2D eigenvalue weighted by Gasteiger charge is 2.28. The van der Waals surface area contributed by atoms with Gasteiger partial charge in [-0.3, -0.25) is 4.90 Å². The van der Waals surface area contributed by atoms with Crippen molar-refractivity contribution in [1.82, 2.24) is 4.90 Å². The number of likely N-dealkylation sites (tertiary alicyclic amines) is 1. The maximum absolute atomic E-state index is 2.56. The highest BCUT2D eigenvalue weighted by Crippen LogP contribution is 2.29. The number of rotatable bonds is 0. The van der Waals surface area contributed by atoms with Crippen molar-refractivity contribution in [3.8, 4) is 0 Å². The molecule has 1 saturated heterocycles. The van der Waals surface area contributed by atoms with E-state index < -0.39 is 0 Å². The predicted molar refractivity (Wildman–Crippen MR) is 62.1 cm³/mol. The Kier molecular flexibility index (Phi) is 3.70. The third kappa shape index (κ3) is 1.97. The van der Waals surface area contributed by atoms with Crippen LogP contribution in [0.25, 0.3) is 0 Å². The summed E-state index contributed by atoms with van der Waals surface area (Å²) in [7, 11) is 2.23. The van der Waals surface area contributed by atoms with Crippen molar-refractivity contribution < 1.29 is 0 Å². The highest BCUT2D eigenvalue weighted by molar-refractivity contribution is 14.1. The molecular formula is C7H13I2N. The quantitative estimate of drug-likeness (QED) is 0.363. The Labute approximate surface area is 90.2 Å². The zero-order chi connectivity index (χ0) is 7.72. The molecule has 1 aliphatic rings. The van der Waals surface area contributed by atoms with Gasteiger partial charge in [-0.1, -0.05) is 45.2 Å². The van der Waals surface area contributed by atoms with Gasteiger partial charge < -0.3 is 0 Å². The summed E-state index contributed by atoms with van der Waals surface area (Å²) >= 11 is 5.09. The van der Waals surface area contributed by atoms with Gasteiger partial charge in [-0.2, -0.15) is 0 Å². The van der Waals surface area contributed by atoms with E-state index >= 15 is 0 Å². The van der Waals surface area contributed by atoms with Crippen molar-refractivity contribution in [3.63, 3.8) is 0 Å². The Bertz CT molecular complexity index is 104. The van der Waals surface area contributed by atoms with Crippen molar-refractivity contribution in [2.45, 2.75) is 33.8 Å². The smallest absolute Gasteiger partial charge is 0.0619 e. The van der Waals surface area contributed by atoms with Crippen molar-refractivity contribution in [2.24, 2.45) is 0 Å². The fourth-order valence-corrected chi connectivity index (χ4v) is 2.99. The van der Waals surface area contributed by atoms with Crippen LogP contribution in [0.15, 0.2) is 0 Å². The summed E-state index contributed by atoms with van der Waals surface area (Å²) in [5.41, 5.74) is 0.